The molecule has 4 nitrogen and oxygen atoms in total. The Morgan fingerprint density at radius 2 is 2.10 bits per heavy atom. The molecule has 6 heteroatoms. The maximum atomic E-state index is 13.5. The maximum Gasteiger partial charge on any atom is 0.255 e. The van der Waals surface area contributed by atoms with Crippen LogP contribution in [0.15, 0.2) is 36.4 Å². The Kier molecular flexibility index (Phi) is 5.11. The zero-order valence-corrected chi connectivity index (χ0v) is 12.2. The number of aromatic nitrogens is 1. The Bertz CT molecular complexity index is 649. The molecule has 0 saturated carbocycles. The molecule has 0 radical (unpaired) electrons. The van der Waals surface area contributed by atoms with Crippen molar-refractivity contribution in [3.8, 4) is 0 Å². The summed E-state index contributed by atoms with van der Waals surface area (Å²) in [5.41, 5.74) is 0.440. The van der Waals surface area contributed by atoms with Crippen LogP contribution in [0.4, 0.5) is 15.9 Å². The van der Waals surface area contributed by atoms with E-state index in [1.807, 2.05) is 6.92 Å². The summed E-state index contributed by atoms with van der Waals surface area (Å²) >= 11 is 5.90. The SMILES string of the molecule is CCCNc1cc(C(=O)Nc2ccccc2F)cc(Cl)n1. The number of hydrogen-bond acceptors (Lipinski definition) is 3. The van der Waals surface area contributed by atoms with Crippen molar-refractivity contribution < 1.29 is 9.18 Å². The third-order valence-corrected chi connectivity index (χ3v) is 2.93. The zero-order chi connectivity index (χ0) is 15.2. The average molecular weight is 308 g/mol. The maximum absolute atomic E-state index is 13.5. The molecule has 1 amide bonds. The van der Waals surface area contributed by atoms with Gasteiger partial charge in [0.05, 0.1) is 5.69 Å². The highest BCUT2D eigenvalue weighted by molar-refractivity contribution is 6.30. The number of benzene rings is 1. The van der Waals surface area contributed by atoms with Crippen molar-refractivity contribution in [3.63, 3.8) is 0 Å². The second-order valence-electron chi connectivity index (χ2n) is 4.42. The number of pyridine rings is 1. The van der Waals surface area contributed by atoms with E-state index in [0.717, 1.165) is 13.0 Å². The lowest BCUT2D eigenvalue weighted by Gasteiger charge is -2.09. The highest BCUT2D eigenvalue weighted by Crippen LogP contribution is 2.18. The van der Waals surface area contributed by atoms with Gasteiger partial charge < -0.3 is 10.6 Å². The molecule has 2 N–H and O–H groups in total. The van der Waals surface area contributed by atoms with Crippen LogP contribution in [-0.4, -0.2) is 17.4 Å². The summed E-state index contributed by atoms with van der Waals surface area (Å²) in [6.07, 6.45) is 0.922. The molecule has 0 unspecified atom stereocenters. The molecule has 0 bridgehead atoms. The molecule has 0 fully saturated rings. The van der Waals surface area contributed by atoms with Crippen LogP contribution in [0, 0.1) is 5.82 Å². The fourth-order valence-corrected chi connectivity index (χ4v) is 1.94. The monoisotopic (exact) mass is 307 g/mol. The van der Waals surface area contributed by atoms with Gasteiger partial charge in [-0.1, -0.05) is 30.7 Å². The predicted molar refractivity (Wildman–Crippen MR) is 82.4 cm³/mol. The fraction of sp³-hybridized carbons (Fsp3) is 0.200. The van der Waals surface area contributed by atoms with Crippen molar-refractivity contribution in [2.75, 3.05) is 17.2 Å². The molecule has 0 saturated heterocycles. The van der Waals surface area contributed by atoms with Crippen molar-refractivity contribution >= 4 is 29.0 Å². The lowest BCUT2D eigenvalue weighted by atomic mass is 10.2. The van der Waals surface area contributed by atoms with Crippen LogP contribution < -0.4 is 10.6 Å². The number of hydrogen-bond donors (Lipinski definition) is 2. The first-order valence-electron chi connectivity index (χ1n) is 6.57. The average Bonchev–Trinajstić information content (AvgIpc) is 2.47. The number of amides is 1. The Hall–Kier alpha value is -2.14. The van der Waals surface area contributed by atoms with Crippen molar-refractivity contribution in [2.45, 2.75) is 13.3 Å². The van der Waals surface area contributed by atoms with Crippen molar-refractivity contribution in [1.29, 1.82) is 0 Å². The van der Waals surface area contributed by atoms with Crippen LogP contribution in [0.1, 0.15) is 23.7 Å². The van der Waals surface area contributed by atoms with E-state index in [0.29, 0.717) is 11.4 Å². The van der Waals surface area contributed by atoms with E-state index in [-0.39, 0.29) is 10.8 Å². The van der Waals surface area contributed by atoms with E-state index in [1.54, 1.807) is 18.2 Å². The van der Waals surface area contributed by atoms with Gasteiger partial charge in [-0.2, -0.15) is 0 Å². The second-order valence-corrected chi connectivity index (χ2v) is 4.81. The van der Waals surface area contributed by atoms with Gasteiger partial charge in [-0.05, 0) is 30.7 Å². The van der Waals surface area contributed by atoms with Gasteiger partial charge in [0.15, 0.2) is 0 Å². The third-order valence-electron chi connectivity index (χ3n) is 2.73. The summed E-state index contributed by atoms with van der Waals surface area (Å²) in [6, 6.07) is 9.00. The minimum Gasteiger partial charge on any atom is -0.370 e. The van der Waals surface area contributed by atoms with Gasteiger partial charge in [-0.15, -0.1) is 0 Å². The Balaban J connectivity index is 2.19. The third kappa shape index (κ3) is 4.16. The standard InChI is InChI=1S/C15H15ClFN3O/c1-2-7-18-14-9-10(8-13(16)20-14)15(21)19-12-6-4-3-5-11(12)17/h3-6,8-9H,2,7H2,1H3,(H,18,20)(H,19,21). The topological polar surface area (TPSA) is 54.0 Å². The Labute approximate surface area is 127 Å². The summed E-state index contributed by atoms with van der Waals surface area (Å²) in [6.45, 7) is 2.74. The first-order valence-corrected chi connectivity index (χ1v) is 6.95. The smallest absolute Gasteiger partial charge is 0.255 e. The van der Waals surface area contributed by atoms with E-state index in [1.165, 1.54) is 18.2 Å². The quantitative estimate of drug-likeness (QED) is 0.822. The van der Waals surface area contributed by atoms with E-state index in [4.69, 9.17) is 11.6 Å². The minimum atomic E-state index is -0.490. The van der Waals surface area contributed by atoms with Gasteiger partial charge >= 0.3 is 0 Å². The van der Waals surface area contributed by atoms with E-state index >= 15 is 0 Å². The number of nitrogens with zero attached hydrogens (tertiary/aromatic N) is 1. The zero-order valence-electron chi connectivity index (χ0n) is 11.5. The molecule has 0 aliphatic carbocycles. The molecule has 21 heavy (non-hydrogen) atoms. The lowest BCUT2D eigenvalue weighted by molar-refractivity contribution is 0.102. The largest absolute Gasteiger partial charge is 0.370 e. The number of carbonyl (C=O) groups is 1. The number of anilines is 2. The van der Waals surface area contributed by atoms with Crippen LogP contribution in [0.3, 0.4) is 0 Å². The highest BCUT2D eigenvalue weighted by Gasteiger charge is 2.11. The summed E-state index contributed by atoms with van der Waals surface area (Å²) < 4.78 is 13.5. The van der Waals surface area contributed by atoms with Gasteiger partial charge in [-0.25, -0.2) is 9.37 Å². The van der Waals surface area contributed by atoms with Crippen molar-refractivity contribution in [3.05, 3.63) is 52.9 Å². The second kappa shape index (κ2) is 7.04. The first kappa shape index (κ1) is 15.3. The number of rotatable bonds is 5. The molecule has 1 aromatic carbocycles. The Morgan fingerprint density at radius 3 is 2.81 bits per heavy atom. The molecule has 110 valence electrons. The van der Waals surface area contributed by atoms with Gasteiger partial charge in [0.2, 0.25) is 0 Å². The fourth-order valence-electron chi connectivity index (χ4n) is 1.73. The molecule has 1 aromatic heterocycles. The Morgan fingerprint density at radius 1 is 1.33 bits per heavy atom. The van der Waals surface area contributed by atoms with Crippen LogP contribution in [0.25, 0.3) is 0 Å². The first-order chi connectivity index (χ1) is 10.1. The van der Waals surface area contributed by atoms with Gasteiger partial charge in [0.25, 0.3) is 5.91 Å². The number of halogens is 2. The predicted octanol–water partition coefficient (Wildman–Crippen LogP) is 3.95. The van der Waals surface area contributed by atoms with Crippen LogP contribution in [-0.2, 0) is 0 Å². The molecule has 2 rings (SSSR count). The van der Waals surface area contributed by atoms with Crippen molar-refractivity contribution in [2.24, 2.45) is 0 Å². The molecule has 0 atom stereocenters. The summed E-state index contributed by atoms with van der Waals surface area (Å²) in [7, 11) is 0. The number of para-hydroxylation sites is 1. The number of carbonyl (C=O) groups excluding carboxylic acids is 1. The van der Waals surface area contributed by atoms with E-state index in [9.17, 15) is 9.18 Å². The summed E-state index contributed by atoms with van der Waals surface area (Å²) in [5, 5.41) is 5.77. The van der Waals surface area contributed by atoms with Gasteiger partial charge in [-0.3, -0.25) is 4.79 Å². The van der Waals surface area contributed by atoms with Gasteiger partial charge in [0.1, 0.15) is 16.8 Å². The summed E-state index contributed by atoms with van der Waals surface area (Å²) in [5.74, 6) is -0.415. The van der Waals surface area contributed by atoms with Crippen LogP contribution in [0.5, 0.6) is 0 Å². The molecule has 0 spiro atoms. The van der Waals surface area contributed by atoms with Gasteiger partial charge in [0, 0.05) is 12.1 Å². The molecule has 1 heterocycles. The highest BCUT2D eigenvalue weighted by atomic mass is 35.5. The normalized spacial score (nSPS) is 10.2. The lowest BCUT2D eigenvalue weighted by Crippen LogP contribution is -2.14. The number of nitrogens with one attached hydrogen (secondary N) is 2. The van der Waals surface area contributed by atoms with Crippen LogP contribution >= 0.6 is 11.6 Å². The van der Waals surface area contributed by atoms with Crippen molar-refractivity contribution in [1.82, 2.24) is 4.98 Å². The minimum absolute atomic E-state index is 0.124. The molecular weight excluding hydrogens is 293 g/mol. The molecular formula is C15H15ClFN3O. The van der Waals surface area contributed by atoms with E-state index < -0.39 is 11.7 Å². The summed E-state index contributed by atoms with van der Waals surface area (Å²) in [4.78, 5) is 16.2. The molecule has 0 aliphatic heterocycles. The molecule has 0 aliphatic rings. The van der Waals surface area contributed by atoms with E-state index in [2.05, 4.69) is 15.6 Å². The molecule has 2 aromatic rings. The van der Waals surface area contributed by atoms with Crippen LogP contribution in [0.2, 0.25) is 5.15 Å².